The molecule has 2 heterocycles. The highest BCUT2D eigenvalue weighted by Crippen LogP contribution is 2.22. The molecule has 0 spiro atoms. The van der Waals surface area contributed by atoms with Crippen LogP contribution in [0.15, 0.2) is 54.9 Å². The number of piperidine rings is 1. The molecule has 154 valence electrons. The lowest BCUT2D eigenvalue weighted by atomic mass is 9.92. The summed E-state index contributed by atoms with van der Waals surface area (Å²) in [5.41, 5.74) is 2.23. The smallest absolute Gasteiger partial charge is 0.220 e. The van der Waals surface area contributed by atoms with Crippen molar-refractivity contribution >= 4 is 12.0 Å². The molecule has 2 aromatic rings. The third kappa shape index (κ3) is 7.35. The van der Waals surface area contributed by atoms with E-state index in [1.165, 1.54) is 18.4 Å². The number of pyridine rings is 1. The second-order valence-corrected chi connectivity index (χ2v) is 7.60. The second kappa shape index (κ2) is 11.4. The van der Waals surface area contributed by atoms with Crippen LogP contribution in [0.1, 0.15) is 36.8 Å². The normalized spacial score (nSPS) is 15.5. The third-order valence-corrected chi connectivity index (χ3v) is 5.49. The maximum Gasteiger partial charge on any atom is 0.220 e. The predicted octanol–water partition coefficient (Wildman–Crippen LogP) is 3.91. The van der Waals surface area contributed by atoms with Crippen LogP contribution in [-0.2, 0) is 11.3 Å². The maximum atomic E-state index is 12.1. The first-order valence-electron chi connectivity index (χ1n) is 10.4. The minimum Gasteiger partial charge on any atom is -0.497 e. The van der Waals surface area contributed by atoms with Gasteiger partial charge >= 0.3 is 0 Å². The molecule has 1 fully saturated rings. The molecule has 1 aliphatic heterocycles. The Morgan fingerprint density at radius 3 is 2.72 bits per heavy atom. The van der Waals surface area contributed by atoms with Crippen molar-refractivity contribution in [3.8, 4) is 5.75 Å². The van der Waals surface area contributed by atoms with Crippen LogP contribution < -0.4 is 10.1 Å². The van der Waals surface area contributed by atoms with Gasteiger partial charge in [-0.2, -0.15) is 0 Å². The zero-order valence-electron chi connectivity index (χ0n) is 17.2. The molecular weight excluding hydrogens is 362 g/mol. The molecule has 1 amide bonds. The molecule has 0 aliphatic carbocycles. The number of hydrogen-bond donors (Lipinski definition) is 1. The molecular formula is C24H31N3O2. The lowest BCUT2D eigenvalue weighted by Crippen LogP contribution is -2.34. The van der Waals surface area contributed by atoms with E-state index < -0.39 is 0 Å². The van der Waals surface area contributed by atoms with E-state index in [0.29, 0.717) is 18.9 Å². The van der Waals surface area contributed by atoms with Gasteiger partial charge in [-0.25, -0.2) is 0 Å². The predicted molar refractivity (Wildman–Crippen MR) is 117 cm³/mol. The number of benzene rings is 1. The van der Waals surface area contributed by atoms with Crippen molar-refractivity contribution in [3.05, 3.63) is 66.0 Å². The summed E-state index contributed by atoms with van der Waals surface area (Å²) in [5, 5.41) is 2.99. The number of hydrogen-bond acceptors (Lipinski definition) is 4. The first-order valence-corrected chi connectivity index (χ1v) is 10.4. The van der Waals surface area contributed by atoms with Crippen LogP contribution in [-0.4, -0.2) is 42.5 Å². The average molecular weight is 394 g/mol. The molecule has 3 rings (SSSR count). The molecule has 0 atom stereocenters. The standard InChI is InChI=1S/C24H31N3O2/c1-29-23-9-6-20(7-10-23)5-3-15-27-16-12-21(13-17-27)8-11-24(28)26-19-22-4-2-14-25-18-22/h2-7,9-10,14,18,21H,8,11-13,15-17,19H2,1H3,(H,26,28)/b5-3+. The number of aromatic nitrogens is 1. The van der Waals surface area contributed by atoms with E-state index in [2.05, 4.69) is 39.5 Å². The zero-order valence-corrected chi connectivity index (χ0v) is 17.2. The molecule has 0 bridgehead atoms. The lowest BCUT2D eigenvalue weighted by Gasteiger charge is -2.31. The van der Waals surface area contributed by atoms with Crippen molar-refractivity contribution in [2.75, 3.05) is 26.7 Å². The van der Waals surface area contributed by atoms with Gasteiger partial charge in [-0.05, 0) is 67.6 Å². The number of amides is 1. The summed E-state index contributed by atoms with van der Waals surface area (Å²) in [6, 6.07) is 12.0. The van der Waals surface area contributed by atoms with Crippen LogP contribution in [0.25, 0.3) is 6.08 Å². The van der Waals surface area contributed by atoms with Gasteiger partial charge < -0.3 is 10.1 Å². The van der Waals surface area contributed by atoms with Gasteiger partial charge in [-0.3, -0.25) is 14.7 Å². The van der Waals surface area contributed by atoms with E-state index in [9.17, 15) is 4.79 Å². The Balaban J connectivity index is 1.29. The van der Waals surface area contributed by atoms with Gasteiger partial charge in [0.1, 0.15) is 5.75 Å². The van der Waals surface area contributed by atoms with Crippen LogP contribution in [0.4, 0.5) is 0 Å². The highest BCUT2D eigenvalue weighted by Gasteiger charge is 2.19. The first kappa shape index (κ1) is 21.1. The summed E-state index contributed by atoms with van der Waals surface area (Å²) in [6.07, 6.45) is 11.9. The van der Waals surface area contributed by atoms with Crippen molar-refractivity contribution in [3.63, 3.8) is 0 Å². The van der Waals surface area contributed by atoms with Gasteiger partial charge in [0.15, 0.2) is 0 Å². The van der Waals surface area contributed by atoms with E-state index in [4.69, 9.17) is 4.74 Å². The molecule has 5 heteroatoms. The van der Waals surface area contributed by atoms with Gasteiger partial charge in [0.25, 0.3) is 0 Å². The van der Waals surface area contributed by atoms with E-state index in [1.807, 2.05) is 24.3 Å². The van der Waals surface area contributed by atoms with Crippen molar-refractivity contribution in [2.24, 2.45) is 5.92 Å². The molecule has 1 saturated heterocycles. The summed E-state index contributed by atoms with van der Waals surface area (Å²) in [6.45, 7) is 3.75. The van der Waals surface area contributed by atoms with E-state index in [-0.39, 0.29) is 5.91 Å². The molecule has 1 aliphatic rings. The number of rotatable bonds is 9. The van der Waals surface area contributed by atoms with Gasteiger partial charge in [0, 0.05) is 31.9 Å². The Labute approximate surface area is 173 Å². The molecule has 0 saturated carbocycles. The van der Waals surface area contributed by atoms with Crippen LogP contribution in [0.3, 0.4) is 0 Å². The molecule has 1 aromatic carbocycles. The van der Waals surface area contributed by atoms with E-state index in [1.54, 1.807) is 19.5 Å². The quantitative estimate of drug-likeness (QED) is 0.702. The Hall–Kier alpha value is -2.66. The number of nitrogens with zero attached hydrogens (tertiary/aromatic N) is 2. The fourth-order valence-corrected chi connectivity index (χ4v) is 3.64. The topological polar surface area (TPSA) is 54.5 Å². The Morgan fingerprint density at radius 1 is 1.24 bits per heavy atom. The van der Waals surface area contributed by atoms with Crippen molar-refractivity contribution in [1.29, 1.82) is 0 Å². The van der Waals surface area contributed by atoms with Gasteiger partial charge in [-0.1, -0.05) is 30.4 Å². The lowest BCUT2D eigenvalue weighted by molar-refractivity contribution is -0.121. The largest absolute Gasteiger partial charge is 0.497 e. The first-order chi connectivity index (χ1) is 14.2. The van der Waals surface area contributed by atoms with Crippen molar-refractivity contribution in [2.45, 2.75) is 32.2 Å². The number of carbonyl (C=O) groups excluding carboxylic acids is 1. The van der Waals surface area contributed by atoms with Crippen LogP contribution in [0.5, 0.6) is 5.75 Å². The van der Waals surface area contributed by atoms with Crippen molar-refractivity contribution < 1.29 is 9.53 Å². The average Bonchev–Trinajstić information content (AvgIpc) is 2.78. The zero-order chi connectivity index (χ0) is 20.3. The minimum atomic E-state index is 0.138. The second-order valence-electron chi connectivity index (χ2n) is 7.60. The fourth-order valence-electron chi connectivity index (χ4n) is 3.64. The Bertz CT molecular complexity index is 766. The molecule has 1 aromatic heterocycles. The highest BCUT2D eigenvalue weighted by molar-refractivity contribution is 5.75. The molecule has 0 unspecified atom stereocenters. The number of carbonyl (C=O) groups is 1. The van der Waals surface area contributed by atoms with Crippen LogP contribution in [0, 0.1) is 5.92 Å². The molecule has 1 N–H and O–H groups in total. The van der Waals surface area contributed by atoms with Gasteiger partial charge in [0.05, 0.1) is 7.11 Å². The summed E-state index contributed by atoms with van der Waals surface area (Å²) >= 11 is 0. The van der Waals surface area contributed by atoms with E-state index in [0.717, 1.165) is 37.4 Å². The summed E-state index contributed by atoms with van der Waals surface area (Å²) in [4.78, 5) is 18.6. The molecule has 5 nitrogen and oxygen atoms in total. The SMILES string of the molecule is COc1ccc(/C=C/CN2CCC(CCC(=O)NCc3cccnc3)CC2)cc1. The van der Waals surface area contributed by atoms with Crippen LogP contribution in [0.2, 0.25) is 0 Å². The minimum absolute atomic E-state index is 0.138. The van der Waals surface area contributed by atoms with E-state index >= 15 is 0 Å². The number of likely N-dealkylation sites (tertiary alicyclic amines) is 1. The third-order valence-electron chi connectivity index (χ3n) is 5.49. The monoisotopic (exact) mass is 393 g/mol. The summed E-state index contributed by atoms with van der Waals surface area (Å²) in [5.74, 6) is 1.68. The molecule has 0 radical (unpaired) electrons. The van der Waals surface area contributed by atoms with Crippen LogP contribution >= 0.6 is 0 Å². The Kier molecular flexibility index (Phi) is 8.25. The summed E-state index contributed by atoms with van der Waals surface area (Å²) < 4.78 is 5.19. The van der Waals surface area contributed by atoms with Crippen molar-refractivity contribution in [1.82, 2.24) is 15.2 Å². The van der Waals surface area contributed by atoms with Gasteiger partial charge in [-0.15, -0.1) is 0 Å². The van der Waals surface area contributed by atoms with Gasteiger partial charge in [0.2, 0.25) is 5.91 Å². The molecule has 29 heavy (non-hydrogen) atoms. The fraction of sp³-hybridized carbons (Fsp3) is 0.417. The highest BCUT2D eigenvalue weighted by atomic mass is 16.5. The Morgan fingerprint density at radius 2 is 2.03 bits per heavy atom. The number of ether oxygens (including phenoxy) is 1. The summed E-state index contributed by atoms with van der Waals surface area (Å²) in [7, 11) is 1.68. The maximum absolute atomic E-state index is 12.1. The number of nitrogens with one attached hydrogen (secondary N) is 1. The number of methoxy groups -OCH3 is 1.